The van der Waals surface area contributed by atoms with Crippen molar-refractivity contribution in [2.45, 2.75) is 111 Å². The van der Waals surface area contributed by atoms with Gasteiger partial charge in [0.25, 0.3) is 0 Å². The minimum absolute atomic E-state index is 0.440. The third-order valence-electron chi connectivity index (χ3n) is 5.05. The molecule has 0 aromatic carbocycles. The van der Waals surface area contributed by atoms with Gasteiger partial charge in [0.05, 0.1) is 5.60 Å². The molecule has 0 heterocycles. The summed E-state index contributed by atoms with van der Waals surface area (Å²) < 4.78 is 0. The summed E-state index contributed by atoms with van der Waals surface area (Å²) in [5, 5.41) is 10.0. The Morgan fingerprint density at radius 2 is 1.19 bits per heavy atom. The van der Waals surface area contributed by atoms with Gasteiger partial charge in [-0.1, -0.05) is 86.0 Å². The lowest BCUT2D eigenvalue weighted by atomic mass is 9.90. The van der Waals surface area contributed by atoms with Gasteiger partial charge in [-0.15, -0.1) is 0 Å². The molecule has 0 aromatic rings. The van der Waals surface area contributed by atoms with Crippen LogP contribution in [0.25, 0.3) is 0 Å². The van der Waals surface area contributed by atoms with Crippen molar-refractivity contribution in [3.05, 3.63) is 0 Å². The predicted octanol–water partition coefficient (Wildman–Crippen LogP) is 6.59. The molecule has 128 valence electrons. The quantitative estimate of drug-likeness (QED) is 0.407. The highest BCUT2D eigenvalue weighted by Gasteiger charge is 2.17. The van der Waals surface area contributed by atoms with Crippen molar-refractivity contribution in [3.63, 3.8) is 0 Å². The minimum Gasteiger partial charge on any atom is -0.390 e. The van der Waals surface area contributed by atoms with E-state index >= 15 is 0 Å². The van der Waals surface area contributed by atoms with Gasteiger partial charge < -0.3 is 5.11 Å². The molecule has 1 N–H and O–H groups in total. The zero-order chi connectivity index (χ0) is 16.3. The second-order valence-corrected chi connectivity index (χ2v) is 8.21. The average Bonchev–Trinajstić information content (AvgIpc) is 2.38. The van der Waals surface area contributed by atoms with Crippen molar-refractivity contribution in [2.75, 3.05) is 0 Å². The highest BCUT2D eigenvalue weighted by atomic mass is 16.3. The molecule has 0 bridgehead atoms. The van der Waals surface area contributed by atoms with Crippen LogP contribution in [0.2, 0.25) is 0 Å². The molecule has 0 aliphatic heterocycles. The lowest BCUT2D eigenvalue weighted by molar-refractivity contribution is 0.0432. The fourth-order valence-electron chi connectivity index (χ4n) is 2.99. The first kappa shape index (κ1) is 21.0. The van der Waals surface area contributed by atoms with Crippen LogP contribution in [0.3, 0.4) is 0 Å². The molecule has 0 rings (SSSR count). The number of rotatable bonds is 13. The van der Waals surface area contributed by atoms with E-state index in [1.54, 1.807) is 0 Å². The second kappa shape index (κ2) is 11.5. The molecule has 1 nitrogen and oxygen atoms in total. The van der Waals surface area contributed by atoms with E-state index in [4.69, 9.17) is 0 Å². The highest BCUT2D eigenvalue weighted by Crippen LogP contribution is 2.23. The maximum absolute atomic E-state index is 10.0. The normalized spacial score (nSPS) is 17.7. The van der Waals surface area contributed by atoms with E-state index in [2.05, 4.69) is 34.6 Å². The molecule has 3 unspecified atom stereocenters. The first-order chi connectivity index (χ1) is 9.76. The minimum atomic E-state index is -0.440. The Balaban J connectivity index is 3.54. The van der Waals surface area contributed by atoms with Gasteiger partial charge in [0, 0.05) is 0 Å². The standard InChI is InChI=1S/C20H42O/c1-7-20(6,21)16-10-15-19(5)14-9-13-18(4)12-8-11-17(2)3/h17-19,21H,7-16H2,1-6H3. The predicted molar refractivity (Wildman–Crippen MR) is 95.6 cm³/mol. The number of hydrogen-bond acceptors (Lipinski definition) is 1. The van der Waals surface area contributed by atoms with Crippen molar-refractivity contribution < 1.29 is 5.11 Å². The summed E-state index contributed by atoms with van der Waals surface area (Å²) in [6.07, 6.45) is 12.6. The largest absolute Gasteiger partial charge is 0.390 e. The smallest absolute Gasteiger partial charge is 0.0617 e. The zero-order valence-electron chi connectivity index (χ0n) is 15.8. The van der Waals surface area contributed by atoms with E-state index in [-0.39, 0.29) is 0 Å². The molecule has 0 aromatic heterocycles. The fraction of sp³-hybridized carbons (Fsp3) is 1.00. The molecule has 0 fully saturated rings. The summed E-state index contributed by atoms with van der Waals surface area (Å²) in [7, 11) is 0. The van der Waals surface area contributed by atoms with E-state index < -0.39 is 5.60 Å². The summed E-state index contributed by atoms with van der Waals surface area (Å²) in [4.78, 5) is 0. The maximum Gasteiger partial charge on any atom is 0.0617 e. The molecule has 0 saturated heterocycles. The van der Waals surface area contributed by atoms with Crippen LogP contribution in [0, 0.1) is 17.8 Å². The summed E-state index contributed by atoms with van der Waals surface area (Å²) in [6.45, 7) is 13.5. The molecule has 0 radical (unpaired) electrons. The fourth-order valence-corrected chi connectivity index (χ4v) is 2.99. The van der Waals surface area contributed by atoms with Gasteiger partial charge in [0.1, 0.15) is 0 Å². The molecule has 0 aliphatic carbocycles. The van der Waals surface area contributed by atoms with Crippen molar-refractivity contribution in [3.8, 4) is 0 Å². The van der Waals surface area contributed by atoms with Gasteiger partial charge >= 0.3 is 0 Å². The summed E-state index contributed by atoms with van der Waals surface area (Å²) in [5.74, 6) is 2.58. The lowest BCUT2D eigenvalue weighted by Gasteiger charge is -2.22. The van der Waals surface area contributed by atoms with Crippen molar-refractivity contribution >= 4 is 0 Å². The molecule has 0 aliphatic rings. The number of hydrogen-bond donors (Lipinski definition) is 1. The van der Waals surface area contributed by atoms with E-state index in [0.717, 1.165) is 30.6 Å². The van der Waals surface area contributed by atoms with Gasteiger partial charge in [-0.25, -0.2) is 0 Å². The van der Waals surface area contributed by atoms with E-state index in [1.165, 1.54) is 51.4 Å². The molecular weight excluding hydrogens is 256 g/mol. The second-order valence-electron chi connectivity index (χ2n) is 8.21. The molecule has 0 saturated carbocycles. The van der Waals surface area contributed by atoms with E-state index in [1.807, 2.05) is 6.92 Å². The topological polar surface area (TPSA) is 20.2 Å². The van der Waals surface area contributed by atoms with E-state index in [9.17, 15) is 5.11 Å². The van der Waals surface area contributed by atoms with Gasteiger partial charge in [-0.3, -0.25) is 0 Å². The molecule has 0 amide bonds. The first-order valence-corrected chi connectivity index (χ1v) is 9.49. The molecule has 0 spiro atoms. The van der Waals surface area contributed by atoms with Gasteiger partial charge in [-0.05, 0) is 37.5 Å². The molecule has 1 heteroatoms. The van der Waals surface area contributed by atoms with Crippen LogP contribution in [0.15, 0.2) is 0 Å². The number of aliphatic hydroxyl groups is 1. The van der Waals surface area contributed by atoms with Crippen LogP contribution in [0.4, 0.5) is 0 Å². The molecule has 21 heavy (non-hydrogen) atoms. The van der Waals surface area contributed by atoms with Crippen LogP contribution in [-0.4, -0.2) is 10.7 Å². The van der Waals surface area contributed by atoms with Crippen LogP contribution in [-0.2, 0) is 0 Å². The Morgan fingerprint density at radius 3 is 1.62 bits per heavy atom. The Bertz CT molecular complexity index is 232. The van der Waals surface area contributed by atoms with Crippen LogP contribution in [0.5, 0.6) is 0 Å². The van der Waals surface area contributed by atoms with Gasteiger partial charge in [0.15, 0.2) is 0 Å². The van der Waals surface area contributed by atoms with Crippen molar-refractivity contribution in [1.82, 2.24) is 0 Å². The zero-order valence-corrected chi connectivity index (χ0v) is 15.8. The maximum atomic E-state index is 10.0. The molecular formula is C20H42O. The summed E-state index contributed by atoms with van der Waals surface area (Å²) >= 11 is 0. The third-order valence-corrected chi connectivity index (χ3v) is 5.05. The van der Waals surface area contributed by atoms with Crippen LogP contribution >= 0.6 is 0 Å². The van der Waals surface area contributed by atoms with Crippen molar-refractivity contribution in [2.24, 2.45) is 17.8 Å². The summed E-state index contributed by atoms with van der Waals surface area (Å²) in [5.41, 5.74) is -0.440. The lowest BCUT2D eigenvalue weighted by Crippen LogP contribution is -2.22. The van der Waals surface area contributed by atoms with Gasteiger partial charge in [-0.2, -0.15) is 0 Å². The summed E-state index contributed by atoms with van der Waals surface area (Å²) in [6, 6.07) is 0. The Hall–Kier alpha value is -0.0400. The van der Waals surface area contributed by atoms with Crippen LogP contribution in [0.1, 0.15) is 106 Å². The monoisotopic (exact) mass is 298 g/mol. The first-order valence-electron chi connectivity index (χ1n) is 9.49. The Kier molecular flexibility index (Phi) is 11.5. The Labute approximate surface area is 134 Å². The Morgan fingerprint density at radius 1 is 0.762 bits per heavy atom. The molecule has 3 atom stereocenters. The van der Waals surface area contributed by atoms with E-state index in [0.29, 0.717) is 0 Å². The van der Waals surface area contributed by atoms with Gasteiger partial charge in [0.2, 0.25) is 0 Å². The highest BCUT2D eigenvalue weighted by molar-refractivity contribution is 4.70. The third kappa shape index (κ3) is 13.4. The average molecular weight is 299 g/mol. The SMILES string of the molecule is CCC(C)(O)CCCC(C)CCCC(C)CCCC(C)C. The van der Waals surface area contributed by atoms with Crippen molar-refractivity contribution in [1.29, 1.82) is 0 Å². The van der Waals surface area contributed by atoms with Crippen LogP contribution < -0.4 is 0 Å².